The van der Waals surface area contributed by atoms with Gasteiger partial charge in [0.2, 0.25) is 0 Å². The fourth-order valence-corrected chi connectivity index (χ4v) is 3.74. The van der Waals surface area contributed by atoms with Crippen molar-refractivity contribution in [3.63, 3.8) is 0 Å². The number of halogens is 2. The van der Waals surface area contributed by atoms with Gasteiger partial charge in [-0.15, -0.1) is 11.3 Å². The van der Waals surface area contributed by atoms with Crippen LogP contribution in [0.3, 0.4) is 0 Å². The van der Waals surface area contributed by atoms with Gasteiger partial charge < -0.3 is 0 Å². The first-order chi connectivity index (χ1) is 12.6. The smallest absolute Gasteiger partial charge is 0.257 e. The second-order valence-corrected chi connectivity index (χ2v) is 8.74. The fraction of sp³-hybridized carbons (Fsp3) is 0.111. The van der Waals surface area contributed by atoms with Gasteiger partial charge in [0.25, 0.3) is 5.91 Å². The van der Waals surface area contributed by atoms with Crippen molar-refractivity contribution < 1.29 is 22.0 Å². The van der Waals surface area contributed by atoms with Crippen molar-refractivity contribution in [1.82, 2.24) is 4.98 Å². The lowest BCUT2D eigenvalue weighted by atomic mass is 10.1. The molecule has 140 valence electrons. The Morgan fingerprint density at radius 2 is 1.89 bits per heavy atom. The molecule has 1 amide bonds. The SMILES string of the molecule is Cc1ccc(S(C)(=O)=O)cc1C(=O)Nc1nc(-c2cc(F)ccc2F)cs1. The molecule has 0 spiro atoms. The average Bonchev–Trinajstić information content (AvgIpc) is 3.04. The third-order valence-corrected chi connectivity index (χ3v) is 5.68. The Morgan fingerprint density at radius 3 is 2.59 bits per heavy atom. The summed E-state index contributed by atoms with van der Waals surface area (Å²) in [7, 11) is -3.46. The maximum absolute atomic E-state index is 13.9. The van der Waals surface area contributed by atoms with Crippen LogP contribution in [-0.2, 0) is 9.84 Å². The van der Waals surface area contributed by atoms with E-state index in [4.69, 9.17) is 0 Å². The number of carbonyl (C=O) groups excluding carboxylic acids is 1. The first-order valence-corrected chi connectivity index (χ1v) is 10.5. The number of hydrogen-bond donors (Lipinski definition) is 1. The Bertz CT molecular complexity index is 1140. The first kappa shape index (κ1) is 19.1. The normalized spacial score (nSPS) is 11.4. The molecule has 0 bridgehead atoms. The van der Waals surface area contributed by atoms with Crippen LogP contribution in [0.15, 0.2) is 46.7 Å². The van der Waals surface area contributed by atoms with Gasteiger partial charge in [0.15, 0.2) is 15.0 Å². The highest BCUT2D eigenvalue weighted by atomic mass is 32.2. The Kier molecular flexibility index (Phi) is 5.07. The number of rotatable bonds is 4. The second-order valence-electron chi connectivity index (χ2n) is 5.87. The molecule has 0 saturated carbocycles. The van der Waals surface area contributed by atoms with Crippen molar-refractivity contribution >= 4 is 32.2 Å². The number of hydrogen-bond acceptors (Lipinski definition) is 5. The van der Waals surface area contributed by atoms with Crippen LogP contribution in [0.1, 0.15) is 15.9 Å². The zero-order chi connectivity index (χ0) is 19.8. The van der Waals surface area contributed by atoms with Crippen LogP contribution < -0.4 is 5.32 Å². The maximum atomic E-state index is 13.9. The van der Waals surface area contributed by atoms with Gasteiger partial charge in [0, 0.05) is 22.8 Å². The summed E-state index contributed by atoms with van der Waals surface area (Å²) in [6.45, 7) is 1.68. The quantitative estimate of drug-likeness (QED) is 0.707. The zero-order valence-electron chi connectivity index (χ0n) is 14.3. The summed E-state index contributed by atoms with van der Waals surface area (Å²) in [6, 6.07) is 7.29. The number of sulfone groups is 1. The van der Waals surface area contributed by atoms with E-state index >= 15 is 0 Å². The van der Waals surface area contributed by atoms with Crippen molar-refractivity contribution in [1.29, 1.82) is 0 Å². The summed E-state index contributed by atoms with van der Waals surface area (Å²) in [4.78, 5) is 16.6. The number of thiazole rings is 1. The molecule has 1 heterocycles. The third-order valence-electron chi connectivity index (χ3n) is 3.81. The number of anilines is 1. The second kappa shape index (κ2) is 7.16. The summed E-state index contributed by atoms with van der Waals surface area (Å²) in [5, 5.41) is 4.24. The van der Waals surface area contributed by atoms with Crippen LogP contribution in [0, 0.1) is 18.6 Å². The van der Waals surface area contributed by atoms with E-state index in [1.54, 1.807) is 13.0 Å². The van der Waals surface area contributed by atoms with Crippen LogP contribution in [0.2, 0.25) is 0 Å². The van der Waals surface area contributed by atoms with Crippen molar-refractivity contribution in [2.45, 2.75) is 11.8 Å². The lowest BCUT2D eigenvalue weighted by Gasteiger charge is -2.07. The topological polar surface area (TPSA) is 76.1 Å². The molecule has 0 atom stereocenters. The van der Waals surface area contributed by atoms with Crippen molar-refractivity contribution in [2.75, 3.05) is 11.6 Å². The van der Waals surface area contributed by atoms with Gasteiger partial charge in [0.1, 0.15) is 11.6 Å². The number of aromatic nitrogens is 1. The molecule has 0 saturated heterocycles. The van der Waals surface area contributed by atoms with Crippen molar-refractivity contribution in [2.24, 2.45) is 0 Å². The van der Waals surface area contributed by atoms with Crippen molar-refractivity contribution in [3.05, 3.63) is 64.5 Å². The van der Waals surface area contributed by atoms with E-state index in [0.717, 1.165) is 35.8 Å². The monoisotopic (exact) mass is 408 g/mol. The lowest BCUT2D eigenvalue weighted by Crippen LogP contribution is -2.14. The van der Waals surface area contributed by atoms with Gasteiger partial charge in [-0.3, -0.25) is 10.1 Å². The largest absolute Gasteiger partial charge is 0.298 e. The molecule has 0 aliphatic heterocycles. The van der Waals surface area contributed by atoms with Crippen LogP contribution >= 0.6 is 11.3 Å². The molecule has 3 aromatic rings. The summed E-state index contributed by atoms with van der Waals surface area (Å²) < 4.78 is 50.6. The first-order valence-electron chi connectivity index (χ1n) is 7.68. The minimum atomic E-state index is -3.46. The third kappa shape index (κ3) is 4.20. The number of nitrogens with one attached hydrogen (secondary N) is 1. The minimum absolute atomic E-state index is 0.0120. The lowest BCUT2D eigenvalue weighted by molar-refractivity contribution is 0.102. The van der Waals surface area contributed by atoms with E-state index in [9.17, 15) is 22.0 Å². The van der Waals surface area contributed by atoms with E-state index < -0.39 is 27.4 Å². The molecule has 0 aliphatic rings. The number of amides is 1. The zero-order valence-corrected chi connectivity index (χ0v) is 15.9. The van der Waals surface area contributed by atoms with E-state index in [1.165, 1.54) is 17.5 Å². The molecule has 5 nitrogen and oxygen atoms in total. The molecule has 0 radical (unpaired) electrons. The van der Waals surface area contributed by atoms with Gasteiger partial charge in [-0.1, -0.05) is 6.07 Å². The Labute approximate surface area is 158 Å². The summed E-state index contributed by atoms with van der Waals surface area (Å²) in [5.74, 6) is -1.77. The molecule has 0 aliphatic carbocycles. The Balaban J connectivity index is 1.88. The predicted molar refractivity (Wildman–Crippen MR) is 99.7 cm³/mol. The molecular weight excluding hydrogens is 394 g/mol. The number of carbonyl (C=O) groups is 1. The summed E-state index contributed by atoms with van der Waals surface area (Å²) in [6.07, 6.45) is 1.06. The standard InChI is InChI=1S/C18H14F2N2O3S2/c1-10-3-5-12(27(2,24)25)8-13(10)17(23)22-18-21-16(9-26-18)14-7-11(19)4-6-15(14)20/h3-9H,1-2H3,(H,21,22,23). The number of benzene rings is 2. The van der Waals surface area contributed by atoms with Gasteiger partial charge in [-0.25, -0.2) is 22.2 Å². The van der Waals surface area contributed by atoms with Crippen LogP contribution in [0.25, 0.3) is 11.3 Å². The maximum Gasteiger partial charge on any atom is 0.257 e. The van der Waals surface area contributed by atoms with Gasteiger partial charge in [0.05, 0.1) is 10.6 Å². The minimum Gasteiger partial charge on any atom is -0.298 e. The molecule has 2 aromatic carbocycles. The summed E-state index contributed by atoms with van der Waals surface area (Å²) in [5.41, 5.74) is 0.954. The highest BCUT2D eigenvalue weighted by Crippen LogP contribution is 2.28. The highest BCUT2D eigenvalue weighted by Gasteiger charge is 2.17. The highest BCUT2D eigenvalue weighted by molar-refractivity contribution is 7.90. The van der Waals surface area contributed by atoms with Gasteiger partial charge in [-0.2, -0.15) is 0 Å². The van der Waals surface area contributed by atoms with Crippen LogP contribution in [0.5, 0.6) is 0 Å². The van der Waals surface area contributed by atoms with Gasteiger partial charge in [-0.05, 0) is 42.8 Å². The fourth-order valence-electron chi connectivity index (χ4n) is 2.39. The van der Waals surface area contributed by atoms with Crippen LogP contribution in [0.4, 0.5) is 13.9 Å². The van der Waals surface area contributed by atoms with E-state index in [2.05, 4.69) is 10.3 Å². The molecule has 9 heteroatoms. The molecule has 0 fully saturated rings. The molecular formula is C18H14F2N2O3S2. The van der Waals surface area contributed by atoms with Crippen LogP contribution in [-0.4, -0.2) is 25.6 Å². The van der Waals surface area contributed by atoms with E-state index in [1.807, 2.05) is 0 Å². The molecule has 3 rings (SSSR count). The predicted octanol–water partition coefficient (Wildman–Crippen LogP) is 4.05. The molecule has 1 N–H and O–H groups in total. The Hall–Kier alpha value is -2.65. The number of nitrogens with zero attached hydrogens (tertiary/aromatic N) is 1. The molecule has 27 heavy (non-hydrogen) atoms. The molecule has 0 unspecified atom stereocenters. The van der Waals surface area contributed by atoms with E-state index in [-0.39, 0.29) is 26.8 Å². The molecule has 1 aromatic heterocycles. The van der Waals surface area contributed by atoms with Gasteiger partial charge >= 0.3 is 0 Å². The number of aryl methyl sites for hydroxylation is 1. The summed E-state index contributed by atoms with van der Waals surface area (Å²) >= 11 is 1.05. The average molecular weight is 408 g/mol. The Morgan fingerprint density at radius 1 is 1.15 bits per heavy atom. The van der Waals surface area contributed by atoms with Crippen molar-refractivity contribution in [3.8, 4) is 11.3 Å². The van der Waals surface area contributed by atoms with E-state index in [0.29, 0.717) is 5.56 Å².